The second kappa shape index (κ2) is 8.93. The average molecular weight is 245 g/mol. The van der Waals surface area contributed by atoms with Gasteiger partial charge in [0.2, 0.25) is 0 Å². The molecule has 0 saturated carbocycles. The standard InChI is InChI=1S/C12H27NO2Si/c1-6-14-9-11-16(8-3,13(4)5)12-10-15-7-2/h8H,3,6-7,9-12H2,1-2,4-5H3. The summed E-state index contributed by atoms with van der Waals surface area (Å²) in [5, 5.41) is 0. The maximum Gasteiger partial charge on any atom is 0.156 e. The van der Waals surface area contributed by atoms with E-state index in [0.717, 1.165) is 38.5 Å². The van der Waals surface area contributed by atoms with Crippen molar-refractivity contribution in [2.45, 2.75) is 25.9 Å². The Morgan fingerprint density at radius 1 is 1.06 bits per heavy atom. The second-order valence-electron chi connectivity index (χ2n) is 4.10. The molecule has 0 fully saturated rings. The predicted octanol–water partition coefficient (Wildman–Crippen LogP) is 2.29. The van der Waals surface area contributed by atoms with E-state index in [1.807, 2.05) is 13.8 Å². The van der Waals surface area contributed by atoms with Crippen LogP contribution in [0.15, 0.2) is 12.3 Å². The Bertz CT molecular complexity index is 176. The minimum atomic E-state index is -1.57. The highest BCUT2D eigenvalue weighted by Crippen LogP contribution is 2.19. The molecule has 0 aliphatic rings. The summed E-state index contributed by atoms with van der Waals surface area (Å²) in [6.45, 7) is 11.3. The third-order valence-corrected chi connectivity index (χ3v) is 7.72. The zero-order valence-corrected chi connectivity index (χ0v) is 12.3. The molecule has 0 spiro atoms. The fourth-order valence-corrected chi connectivity index (χ4v) is 4.66. The minimum absolute atomic E-state index is 0.792. The zero-order valence-electron chi connectivity index (χ0n) is 11.3. The molecular weight excluding hydrogens is 218 g/mol. The van der Waals surface area contributed by atoms with Crippen LogP contribution in [-0.2, 0) is 9.47 Å². The molecule has 0 aliphatic heterocycles. The van der Waals surface area contributed by atoms with Gasteiger partial charge in [-0.15, -0.1) is 6.58 Å². The molecule has 0 saturated heterocycles. The molecule has 0 aromatic carbocycles. The Balaban J connectivity index is 4.27. The van der Waals surface area contributed by atoms with Crippen LogP contribution in [0.25, 0.3) is 0 Å². The maximum atomic E-state index is 5.47. The number of hydrogen-bond acceptors (Lipinski definition) is 3. The summed E-state index contributed by atoms with van der Waals surface area (Å²) in [7, 11) is 2.72. The molecule has 0 aromatic rings. The van der Waals surface area contributed by atoms with Crippen molar-refractivity contribution in [1.29, 1.82) is 0 Å². The van der Waals surface area contributed by atoms with Gasteiger partial charge in [0.1, 0.15) is 0 Å². The van der Waals surface area contributed by atoms with Crippen molar-refractivity contribution in [3.05, 3.63) is 12.3 Å². The molecule has 0 rings (SSSR count). The lowest BCUT2D eigenvalue weighted by Crippen LogP contribution is -2.49. The van der Waals surface area contributed by atoms with Crippen LogP contribution in [0, 0.1) is 0 Å². The van der Waals surface area contributed by atoms with Gasteiger partial charge in [-0.25, -0.2) is 0 Å². The van der Waals surface area contributed by atoms with Crippen molar-refractivity contribution in [3.8, 4) is 0 Å². The molecule has 4 heteroatoms. The minimum Gasteiger partial charge on any atom is -0.382 e. The van der Waals surface area contributed by atoms with Crippen molar-refractivity contribution in [2.24, 2.45) is 0 Å². The predicted molar refractivity (Wildman–Crippen MR) is 72.2 cm³/mol. The number of hydrogen-bond donors (Lipinski definition) is 0. The molecule has 0 aliphatic carbocycles. The first-order chi connectivity index (χ1) is 7.63. The Hall–Kier alpha value is -0.163. The summed E-state index contributed by atoms with van der Waals surface area (Å²) < 4.78 is 13.3. The quantitative estimate of drug-likeness (QED) is 0.435. The van der Waals surface area contributed by atoms with Crippen LogP contribution < -0.4 is 0 Å². The Labute approximate surface area is 102 Å². The van der Waals surface area contributed by atoms with E-state index in [4.69, 9.17) is 9.47 Å². The SMILES string of the molecule is C=C[Si](CCOCC)(CCOCC)N(C)C. The molecule has 3 nitrogen and oxygen atoms in total. The fourth-order valence-electron chi connectivity index (χ4n) is 1.75. The molecule has 0 N–H and O–H groups in total. The first-order valence-corrected chi connectivity index (χ1v) is 8.53. The summed E-state index contributed by atoms with van der Waals surface area (Å²) in [5.41, 5.74) is 2.16. The summed E-state index contributed by atoms with van der Waals surface area (Å²) in [4.78, 5) is 0. The summed E-state index contributed by atoms with van der Waals surface area (Å²) in [5.74, 6) is 0. The highest BCUT2D eigenvalue weighted by atomic mass is 28.3. The van der Waals surface area contributed by atoms with Gasteiger partial charge in [-0.05, 0) is 40.0 Å². The van der Waals surface area contributed by atoms with Gasteiger partial charge in [-0.1, -0.05) is 5.70 Å². The van der Waals surface area contributed by atoms with Crippen LogP contribution in [0.4, 0.5) is 0 Å². The normalized spacial score (nSPS) is 12.1. The molecular formula is C12H27NO2Si. The Kier molecular flexibility index (Phi) is 8.84. The van der Waals surface area contributed by atoms with Gasteiger partial charge in [-0.2, -0.15) is 0 Å². The van der Waals surface area contributed by atoms with Gasteiger partial charge in [0, 0.05) is 26.4 Å². The summed E-state index contributed by atoms with van der Waals surface area (Å²) in [6, 6.07) is 2.20. The molecule has 0 unspecified atom stereocenters. The lowest BCUT2D eigenvalue weighted by molar-refractivity contribution is 0.153. The van der Waals surface area contributed by atoms with E-state index in [2.05, 4.69) is 30.9 Å². The van der Waals surface area contributed by atoms with Gasteiger partial charge in [-0.3, -0.25) is 0 Å². The van der Waals surface area contributed by atoms with Crippen molar-refractivity contribution in [1.82, 2.24) is 4.57 Å². The molecule has 0 radical (unpaired) electrons. The zero-order chi connectivity index (χ0) is 12.4. The van der Waals surface area contributed by atoms with Crippen LogP contribution in [0.2, 0.25) is 12.1 Å². The van der Waals surface area contributed by atoms with Crippen molar-refractivity contribution in [3.63, 3.8) is 0 Å². The van der Waals surface area contributed by atoms with E-state index in [-0.39, 0.29) is 0 Å². The Morgan fingerprint density at radius 3 is 1.75 bits per heavy atom. The lowest BCUT2D eigenvalue weighted by Gasteiger charge is -2.34. The Morgan fingerprint density at radius 2 is 1.50 bits per heavy atom. The maximum absolute atomic E-state index is 5.47. The van der Waals surface area contributed by atoms with E-state index >= 15 is 0 Å². The number of nitrogens with zero attached hydrogens (tertiary/aromatic N) is 1. The monoisotopic (exact) mass is 245 g/mol. The largest absolute Gasteiger partial charge is 0.382 e. The van der Waals surface area contributed by atoms with Crippen LogP contribution in [0.5, 0.6) is 0 Å². The molecule has 0 bridgehead atoms. The third-order valence-electron chi connectivity index (χ3n) is 3.04. The van der Waals surface area contributed by atoms with Gasteiger partial charge in [0.15, 0.2) is 8.24 Å². The molecule has 0 amide bonds. The fraction of sp³-hybridized carbons (Fsp3) is 0.833. The molecule has 96 valence electrons. The van der Waals surface area contributed by atoms with Gasteiger partial charge < -0.3 is 14.0 Å². The van der Waals surface area contributed by atoms with Gasteiger partial charge >= 0.3 is 0 Å². The molecule has 0 heterocycles. The van der Waals surface area contributed by atoms with Crippen LogP contribution >= 0.6 is 0 Å². The first kappa shape index (κ1) is 15.8. The van der Waals surface area contributed by atoms with Gasteiger partial charge in [0.05, 0.1) is 0 Å². The lowest BCUT2D eigenvalue weighted by atomic mass is 10.8. The topological polar surface area (TPSA) is 21.7 Å². The number of ether oxygens (including phenoxy) is 2. The van der Waals surface area contributed by atoms with E-state index in [9.17, 15) is 0 Å². The van der Waals surface area contributed by atoms with E-state index in [0.29, 0.717) is 0 Å². The average Bonchev–Trinajstić information content (AvgIpc) is 2.27. The highest BCUT2D eigenvalue weighted by Gasteiger charge is 2.31. The van der Waals surface area contributed by atoms with Crippen LogP contribution in [0.3, 0.4) is 0 Å². The number of rotatable bonds is 10. The van der Waals surface area contributed by atoms with Crippen molar-refractivity contribution >= 4 is 8.24 Å². The molecule has 0 atom stereocenters. The smallest absolute Gasteiger partial charge is 0.156 e. The second-order valence-corrected chi connectivity index (χ2v) is 8.61. The van der Waals surface area contributed by atoms with Crippen molar-refractivity contribution < 1.29 is 9.47 Å². The highest BCUT2D eigenvalue weighted by molar-refractivity contribution is 6.81. The van der Waals surface area contributed by atoms with E-state index in [1.165, 1.54) is 0 Å². The third kappa shape index (κ3) is 5.25. The summed E-state index contributed by atoms with van der Waals surface area (Å²) >= 11 is 0. The molecule has 0 aromatic heterocycles. The van der Waals surface area contributed by atoms with Crippen molar-refractivity contribution in [2.75, 3.05) is 40.5 Å². The summed E-state index contributed by atoms with van der Waals surface area (Å²) in [6.07, 6.45) is 0. The van der Waals surface area contributed by atoms with Crippen LogP contribution in [0.1, 0.15) is 13.8 Å². The van der Waals surface area contributed by atoms with Gasteiger partial charge in [0.25, 0.3) is 0 Å². The molecule has 16 heavy (non-hydrogen) atoms. The van der Waals surface area contributed by atoms with Crippen LogP contribution in [-0.4, -0.2) is 53.3 Å². The first-order valence-electron chi connectivity index (χ1n) is 6.09. The van der Waals surface area contributed by atoms with E-state index in [1.54, 1.807) is 0 Å². The van der Waals surface area contributed by atoms with E-state index < -0.39 is 8.24 Å².